The number of nitrogens with zero attached hydrogens (tertiary/aromatic N) is 2. The molecule has 1 aliphatic carbocycles. The molecular formula is C35H41Cl2N3O5S. The fraction of sp³-hybridized carbons (Fsp3) is 0.514. The predicted octanol–water partition coefficient (Wildman–Crippen LogP) is 6.86. The van der Waals surface area contributed by atoms with Crippen LogP contribution in [0.3, 0.4) is 0 Å². The number of rotatable bonds is 9. The summed E-state index contributed by atoms with van der Waals surface area (Å²) in [5.41, 5.74) is 1.58. The number of morpholine rings is 1. The Bertz CT molecular complexity index is 1560. The molecule has 11 heteroatoms. The molecule has 1 aromatic heterocycles. The van der Waals surface area contributed by atoms with Crippen LogP contribution < -0.4 is 5.32 Å². The van der Waals surface area contributed by atoms with Crippen molar-refractivity contribution in [3.63, 3.8) is 0 Å². The molecule has 1 saturated carbocycles. The molecule has 8 nitrogen and oxygen atoms in total. The van der Waals surface area contributed by atoms with Gasteiger partial charge in [0, 0.05) is 52.1 Å². The van der Waals surface area contributed by atoms with Crippen LogP contribution in [0.25, 0.3) is 10.1 Å². The molecule has 2 aromatic carbocycles. The van der Waals surface area contributed by atoms with E-state index in [1.165, 1.54) is 11.3 Å². The lowest BCUT2D eigenvalue weighted by Gasteiger charge is -2.38. The van der Waals surface area contributed by atoms with E-state index in [4.69, 9.17) is 32.7 Å². The monoisotopic (exact) mass is 685 g/mol. The molecule has 0 unspecified atom stereocenters. The van der Waals surface area contributed by atoms with E-state index in [2.05, 4.69) is 24.1 Å². The van der Waals surface area contributed by atoms with E-state index in [1.807, 2.05) is 34.5 Å². The molecule has 246 valence electrons. The Kier molecular flexibility index (Phi) is 10.7. The first-order valence-electron chi connectivity index (χ1n) is 16.2. The van der Waals surface area contributed by atoms with Gasteiger partial charge in [-0.2, -0.15) is 0 Å². The quantitative estimate of drug-likeness (QED) is 0.248. The first-order valence-corrected chi connectivity index (χ1v) is 17.8. The van der Waals surface area contributed by atoms with E-state index < -0.39 is 0 Å². The van der Waals surface area contributed by atoms with Gasteiger partial charge in [-0.1, -0.05) is 41.4 Å². The van der Waals surface area contributed by atoms with Crippen molar-refractivity contribution in [2.75, 3.05) is 31.6 Å². The van der Waals surface area contributed by atoms with Gasteiger partial charge in [-0.25, -0.2) is 0 Å². The second kappa shape index (κ2) is 14.7. The maximum absolute atomic E-state index is 13.9. The number of aldehydes is 1. The van der Waals surface area contributed by atoms with Gasteiger partial charge in [0.25, 0.3) is 5.91 Å². The largest absolute Gasteiger partial charge is 0.376 e. The van der Waals surface area contributed by atoms with Crippen LogP contribution in [0.5, 0.6) is 0 Å². The highest BCUT2D eigenvalue weighted by atomic mass is 35.5. The standard InChI is InChI=1S/C35H41Cl2N3O5S/c1-21-15-39(16-22(2)45-21)25-13-26(19-44-27-9-7-23(18-41)8-10-27)40(17-25)34(42)12-24-11-31(37)32(14-30(24)36)38-35(43)29-20-46-33-6-4-3-5-28(29)33/h3-6,11,14,18,20-23,25-27H,7-10,12-13,15-17,19H2,1-2H3,(H,38,43)/t21-,22+,23?,25-,26-,27?/m0/s1. The Labute approximate surface area is 284 Å². The highest BCUT2D eigenvalue weighted by Gasteiger charge is 2.40. The molecule has 0 radical (unpaired) electrons. The molecule has 2 saturated heterocycles. The molecule has 2 amide bonds. The van der Waals surface area contributed by atoms with E-state index in [1.54, 1.807) is 12.1 Å². The molecule has 4 atom stereocenters. The van der Waals surface area contributed by atoms with Crippen LogP contribution in [0.2, 0.25) is 10.0 Å². The van der Waals surface area contributed by atoms with Gasteiger partial charge < -0.3 is 24.5 Å². The van der Waals surface area contributed by atoms with Crippen molar-refractivity contribution >= 4 is 68.4 Å². The number of likely N-dealkylation sites (tertiary alicyclic amines) is 1. The van der Waals surface area contributed by atoms with Crippen LogP contribution in [0.15, 0.2) is 41.8 Å². The number of carbonyl (C=O) groups excluding carboxylic acids is 3. The van der Waals surface area contributed by atoms with Gasteiger partial charge in [0.2, 0.25) is 5.91 Å². The SMILES string of the molecule is C[C@@H]1CN([C@H]2C[C@@H](COC3CCC(C=O)CC3)N(C(=O)Cc3cc(Cl)c(NC(=O)c4csc5ccccc45)cc3Cl)C2)C[C@H](C)O1. The number of thiophene rings is 1. The summed E-state index contributed by atoms with van der Waals surface area (Å²) < 4.78 is 13.4. The number of nitrogens with one attached hydrogen (secondary N) is 1. The number of amides is 2. The summed E-state index contributed by atoms with van der Waals surface area (Å²) in [5, 5.41) is 6.30. The van der Waals surface area contributed by atoms with Gasteiger partial charge in [0.05, 0.1) is 53.7 Å². The van der Waals surface area contributed by atoms with Gasteiger partial charge in [0.1, 0.15) is 6.29 Å². The van der Waals surface area contributed by atoms with E-state index in [0.717, 1.165) is 61.6 Å². The maximum atomic E-state index is 13.9. The molecule has 46 heavy (non-hydrogen) atoms. The summed E-state index contributed by atoms with van der Waals surface area (Å²) in [6, 6.07) is 11.2. The van der Waals surface area contributed by atoms with Crippen molar-refractivity contribution in [3.8, 4) is 0 Å². The van der Waals surface area contributed by atoms with Gasteiger partial charge in [-0.3, -0.25) is 14.5 Å². The molecule has 2 aliphatic heterocycles. The van der Waals surface area contributed by atoms with E-state index in [9.17, 15) is 14.4 Å². The van der Waals surface area contributed by atoms with Crippen LogP contribution in [-0.2, 0) is 25.5 Å². The molecule has 0 bridgehead atoms. The Balaban J connectivity index is 1.14. The van der Waals surface area contributed by atoms with Crippen molar-refractivity contribution in [2.45, 2.75) is 82.8 Å². The summed E-state index contributed by atoms with van der Waals surface area (Å²) in [4.78, 5) is 42.7. The van der Waals surface area contributed by atoms with Gasteiger partial charge in [-0.15, -0.1) is 11.3 Å². The zero-order chi connectivity index (χ0) is 32.4. The maximum Gasteiger partial charge on any atom is 0.257 e. The average molecular weight is 687 g/mol. The Hall–Kier alpha value is -2.53. The molecule has 0 spiro atoms. The summed E-state index contributed by atoms with van der Waals surface area (Å²) in [5.74, 6) is -0.169. The zero-order valence-electron chi connectivity index (χ0n) is 26.3. The number of hydrogen-bond donors (Lipinski definition) is 1. The van der Waals surface area contributed by atoms with Gasteiger partial charge in [0.15, 0.2) is 0 Å². The second-order valence-electron chi connectivity index (χ2n) is 13.0. The van der Waals surface area contributed by atoms with Crippen molar-refractivity contribution in [1.29, 1.82) is 0 Å². The Morgan fingerprint density at radius 3 is 2.52 bits per heavy atom. The molecule has 3 fully saturated rings. The van der Waals surface area contributed by atoms with Crippen LogP contribution >= 0.6 is 34.5 Å². The number of halogens is 2. The molecule has 6 rings (SSSR count). The smallest absolute Gasteiger partial charge is 0.257 e. The third kappa shape index (κ3) is 7.61. The number of benzene rings is 2. The second-order valence-corrected chi connectivity index (χ2v) is 14.7. The number of fused-ring (bicyclic) bond motifs is 1. The fourth-order valence-corrected chi connectivity index (χ4v) is 8.61. The predicted molar refractivity (Wildman–Crippen MR) is 183 cm³/mol. The lowest BCUT2D eigenvalue weighted by atomic mass is 9.88. The first kappa shape index (κ1) is 33.4. The van der Waals surface area contributed by atoms with E-state index in [0.29, 0.717) is 40.0 Å². The van der Waals surface area contributed by atoms with Crippen LogP contribution in [0, 0.1) is 5.92 Å². The summed E-state index contributed by atoms with van der Waals surface area (Å²) in [7, 11) is 0. The Morgan fingerprint density at radius 2 is 1.78 bits per heavy atom. The minimum absolute atomic E-state index is 0.0328. The number of anilines is 1. The summed E-state index contributed by atoms with van der Waals surface area (Å²) >= 11 is 14.9. The fourth-order valence-electron chi connectivity index (χ4n) is 7.20. The average Bonchev–Trinajstić information content (AvgIpc) is 3.67. The van der Waals surface area contributed by atoms with Crippen LogP contribution in [0.4, 0.5) is 5.69 Å². The molecule has 3 heterocycles. The van der Waals surface area contributed by atoms with E-state index >= 15 is 0 Å². The van der Waals surface area contributed by atoms with Crippen molar-refractivity contribution in [1.82, 2.24) is 9.80 Å². The van der Waals surface area contributed by atoms with Crippen LogP contribution in [-0.4, -0.2) is 84.5 Å². The van der Waals surface area contributed by atoms with Crippen molar-refractivity contribution in [2.24, 2.45) is 5.92 Å². The van der Waals surface area contributed by atoms with Gasteiger partial charge >= 0.3 is 0 Å². The third-order valence-electron chi connectivity index (χ3n) is 9.56. The minimum Gasteiger partial charge on any atom is -0.376 e. The topological polar surface area (TPSA) is 88.2 Å². The van der Waals surface area contributed by atoms with E-state index in [-0.39, 0.29) is 54.5 Å². The lowest BCUT2D eigenvalue weighted by molar-refractivity contribution is -0.133. The summed E-state index contributed by atoms with van der Waals surface area (Å²) in [6.07, 6.45) is 5.80. The normalized spacial score (nSPS) is 27.2. The van der Waals surface area contributed by atoms with Crippen molar-refractivity contribution in [3.05, 3.63) is 63.0 Å². The lowest BCUT2D eigenvalue weighted by Crippen LogP contribution is -2.51. The number of ether oxygens (including phenoxy) is 2. The van der Waals surface area contributed by atoms with Crippen molar-refractivity contribution < 1.29 is 23.9 Å². The van der Waals surface area contributed by atoms with Crippen LogP contribution in [0.1, 0.15) is 61.9 Å². The van der Waals surface area contributed by atoms with Gasteiger partial charge in [-0.05, 0) is 69.7 Å². The molecular weight excluding hydrogens is 645 g/mol. The minimum atomic E-state index is -0.267. The number of carbonyl (C=O) groups is 3. The summed E-state index contributed by atoms with van der Waals surface area (Å²) in [6.45, 7) is 6.92. The zero-order valence-corrected chi connectivity index (χ0v) is 28.6. The molecule has 1 N–H and O–H groups in total. The Morgan fingerprint density at radius 1 is 1.04 bits per heavy atom. The third-order valence-corrected chi connectivity index (χ3v) is 11.2. The molecule has 3 aliphatic rings. The first-order chi connectivity index (χ1) is 22.2. The number of hydrogen-bond acceptors (Lipinski definition) is 7. The molecule has 3 aromatic rings. The highest BCUT2D eigenvalue weighted by molar-refractivity contribution is 7.17. The highest BCUT2D eigenvalue weighted by Crippen LogP contribution is 2.34.